The Hall–Kier alpha value is -2.60. The number of carboxylic acid groups (broad SMARTS) is 1. The van der Waals surface area contributed by atoms with Crippen molar-refractivity contribution in [3.8, 4) is 0 Å². The Labute approximate surface area is 125 Å². The predicted octanol–water partition coefficient (Wildman–Crippen LogP) is 3.19. The van der Waals surface area contributed by atoms with Crippen molar-refractivity contribution in [1.82, 2.24) is 4.98 Å². The van der Waals surface area contributed by atoms with E-state index in [9.17, 15) is 9.90 Å². The van der Waals surface area contributed by atoms with Crippen molar-refractivity contribution < 1.29 is 9.90 Å². The average molecular weight is 299 g/mol. The van der Waals surface area contributed by atoms with Crippen LogP contribution in [-0.4, -0.2) is 16.1 Å². The fourth-order valence-electron chi connectivity index (χ4n) is 2.19. The van der Waals surface area contributed by atoms with Crippen LogP contribution in [0, 0.1) is 0 Å². The maximum Gasteiger partial charge on any atom is 0.339 e. The van der Waals surface area contributed by atoms with Gasteiger partial charge in [0, 0.05) is 23.0 Å². The van der Waals surface area contributed by atoms with Crippen molar-refractivity contribution in [2.24, 2.45) is 0 Å². The number of hydrogen-bond donors (Lipinski definition) is 3. The number of nitrogens with one attached hydrogen (secondary N) is 1. The number of anilines is 2. The minimum Gasteiger partial charge on any atom is -0.478 e. The van der Waals surface area contributed by atoms with Gasteiger partial charge in [0.2, 0.25) is 0 Å². The van der Waals surface area contributed by atoms with Gasteiger partial charge in [-0.15, -0.1) is 11.3 Å². The molecule has 0 radical (unpaired) electrons. The number of carbonyl (C=O) groups is 1. The molecule has 6 heteroatoms. The highest BCUT2D eigenvalue weighted by Gasteiger charge is 2.15. The number of benzene rings is 1. The molecule has 3 aromatic rings. The second kappa shape index (κ2) is 5.41. The molecule has 0 saturated heterocycles. The summed E-state index contributed by atoms with van der Waals surface area (Å²) in [6, 6.07) is 9.32. The fraction of sp³-hybridized carbons (Fsp3) is 0.0667. The second-order valence-corrected chi connectivity index (χ2v) is 5.56. The summed E-state index contributed by atoms with van der Waals surface area (Å²) in [4.78, 5) is 16.7. The molecule has 4 N–H and O–H groups in total. The molecule has 0 aliphatic heterocycles. The average Bonchev–Trinajstić information content (AvgIpc) is 2.98. The van der Waals surface area contributed by atoms with Gasteiger partial charge in [-0.2, -0.15) is 0 Å². The SMILES string of the molecule is Nc1cccc2c(NCc3cccs3)c(C(=O)O)cnc12. The third-order valence-corrected chi connectivity index (χ3v) is 4.05. The number of pyridine rings is 1. The highest BCUT2D eigenvalue weighted by molar-refractivity contribution is 7.09. The van der Waals surface area contributed by atoms with Crippen LogP contribution in [0.15, 0.2) is 41.9 Å². The number of carboxylic acids is 1. The van der Waals surface area contributed by atoms with Crippen LogP contribution in [0.3, 0.4) is 0 Å². The summed E-state index contributed by atoms with van der Waals surface area (Å²) in [6.45, 7) is 0.561. The number of aromatic nitrogens is 1. The van der Waals surface area contributed by atoms with Gasteiger partial charge < -0.3 is 16.2 Å². The number of nitrogens with zero attached hydrogens (tertiary/aromatic N) is 1. The fourth-order valence-corrected chi connectivity index (χ4v) is 2.83. The Morgan fingerprint density at radius 2 is 2.19 bits per heavy atom. The van der Waals surface area contributed by atoms with Crippen molar-refractivity contribution in [1.29, 1.82) is 0 Å². The Morgan fingerprint density at radius 3 is 2.90 bits per heavy atom. The Kier molecular flexibility index (Phi) is 3.45. The molecule has 21 heavy (non-hydrogen) atoms. The summed E-state index contributed by atoms with van der Waals surface area (Å²) >= 11 is 1.61. The van der Waals surface area contributed by atoms with Crippen molar-refractivity contribution in [3.63, 3.8) is 0 Å². The minimum absolute atomic E-state index is 0.143. The first-order chi connectivity index (χ1) is 10.2. The molecule has 1 aromatic carbocycles. The van der Waals surface area contributed by atoms with Crippen LogP contribution in [0.5, 0.6) is 0 Å². The number of fused-ring (bicyclic) bond motifs is 1. The predicted molar refractivity (Wildman–Crippen MR) is 84.8 cm³/mol. The lowest BCUT2D eigenvalue weighted by molar-refractivity contribution is 0.0697. The van der Waals surface area contributed by atoms with E-state index in [1.54, 1.807) is 23.5 Å². The third kappa shape index (κ3) is 2.53. The molecule has 0 spiro atoms. The van der Waals surface area contributed by atoms with E-state index in [0.717, 1.165) is 4.88 Å². The van der Waals surface area contributed by atoms with Gasteiger partial charge in [0.1, 0.15) is 5.56 Å². The molecule has 0 amide bonds. The molecule has 3 rings (SSSR count). The molecule has 5 nitrogen and oxygen atoms in total. The molecule has 0 aliphatic rings. The molecular weight excluding hydrogens is 286 g/mol. The van der Waals surface area contributed by atoms with Gasteiger partial charge in [0.15, 0.2) is 0 Å². The van der Waals surface area contributed by atoms with Gasteiger partial charge in [0.25, 0.3) is 0 Å². The summed E-state index contributed by atoms with van der Waals surface area (Å²) in [5.74, 6) is -1.01. The number of nitrogens with two attached hydrogens (primary N) is 1. The second-order valence-electron chi connectivity index (χ2n) is 4.53. The van der Waals surface area contributed by atoms with Crippen LogP contribution in [0.4, 0.5) is 11.4 Å². The van der Waals surface area contributed by atoms with Crippen molar-refractivity contribution in [2.75, 3.05) is 11.1 Å². The molecule has 2 aromatic heterocycles. The molecule has 106 valence electrons. The van der Waals surface area contributed by atoms with E-state index in [0.29, 0.717) is 28.8 Å². The number of nitrogen functional groups attached to an aromatic ring is 1. The number of rotatable bonds is 4. The lowest BCUT2D eigenvalue weighted by Crippen LogP contribution is -2.08. The highest BCUT2D eigenvalue weighted by Crippen LogP contribution is 2.29. The molecule has 0 unspecified atom stereocenters. The van der Waals surface area contributed by atoms with E-state index >= 15 is 0 Å². The van der Waals surface area contributed by atoms with Crippen molar-refractivity contribution in [2.45, 2.75) is 6.54 Å². The van der Waals surface area contributed by atoms with Crippen LogP contribution in [-0.2, 0) is 6.54 Å². The van der Waals surface area contributed by atoms with E-state index < -0.39 is 5.97 Å². The van der Waals surface area contributed by atoms with Gasteiger partial charge >= 0.3 is 5.97 Å². The first-order valence-electron chi connectivity index (χ1n) is 6.33. The van der Waals surface area contributed by atoms with Crippen LogP contribution >= 0.6 is 11.3 Å². The molecule has 0 bridgehead atoms. The van der Waals surface area contributed by atoms with Crippen LogP contribution in [0.1, 0.15) is 15.2 Å². The van der Waals surface area contributed by atoms with Crippen molar-refractivity contribution >= 4 is 39.6 Å². The van der Waals surface area contributed by atoms with Gasteiger partial charge in [-0.1, -0.05) is 18.2 Å². The maximum atomic E-state index is 11.4. The smallest absolute Gasteiger partial charge is 0.339 e. The molecule has 2 heterocycles. The molecular formula is C15H13N3O2S. The number of aromatic carboxylic acids is 1. The van der Waals surface area contributed by atoms with Crippen LogP contribution in [0.25, 0.3) is 10.9 Å². The van der Waals surface area contributed by atoms with E-state index in [1.807, 2.05) is 23.6 Å². The van der Waals surface area contributed by atoms with E-state index in [-0.39, 0.29) is 5.56 Å². The Bertz CT molecular complexity index is 800. The summed E-state index contributed by atoms with van der Waals surface area (Å²) in [7, 11) is 0. The van der Waals surface area contributed by atoms with Crippen molar-refractivity contribution in [3.05, 3.63) is 52.3 Å². The van der Waals surface area contributed by atoms with Gasteiger partial charge in [-0.25, -0.2) is 4.79 Å². The van der Waals surface area contributed by atoms with Gasteiger partial charge in [0.05, 0.1) is 16.9 Å². The first-order valence-corrected chi connectivity index (χ1v) is 7.21. The summed E-state index contributed by atoms with van der Waals surface area (Å²) < 4.78 is 0. The van der Waals surface area contributed by atoms with Gasteiger partial charge in [-0.05, 0) is 17.5 Å². The van der Waals surface area contributed by atoms with E-state index in [1.165, 1.54) is 6.20 Å². The zero-order valence-corrected chi connectivity index (χ0v) is 11.9. The molecule has 0 fully saturated rings. The van der Waals surface area contributed by atoms with Crippen LogP contribution in [0.2, 0.25) is 0 Å². The number of hydrogen-bond acceptors (Lipinski definition) is 5. The minimum atomic E-state index is -1.01. The molecule has 0 aliphatic carbocycles. The summed E-state index contributed by atoms with van der Waals surface area (Å²) in [5.41, 5.74) is 7.74. The lowest BCUT2D eigenvalue weighted by atomic mass is 10.1. The van der Waals surface area contributed by atoms with E-state index in [2.05, 4.69) is 10.3 Å². The number of para-hydroxylation sites is 1. The molecule has 0 atom stereocenters. The Morgan fingerprint density at radius 1 is 1.33 bits per heavy atom. The zero-order chi connectivity index (χ0) is 14.8. The Balaban J connectivity index is 2.10. The molecule has 0 saturated carbocycles. The zero-order valence-electron chi connectivity index (χ0n) is 11.0. The maximum absolute atomic E-state index is 11.4. The normalized spacial score (nSPS) is 10.7. The summed E-state index contributed by atoms with van der Waals surface area (Å²) in [5, 5.41) is 15.2. The van der Waals surface area contributed by atoms with E-state index in [4.69, 9.17) is 5.73 Å². The largest absolute Gasteiger partial charge is 0.478 e. The monoisotopic (exact) mass is 299 g/mol. The lowest BCUT2D eigenvalue weighted by Gasteiger charge is -2.12. The highest BCUT2D eigenvalue weighted by atomic mass is 32.1. The van der Waals surface area contributed by atoms with Gasteiger partial charge in [-0.3, -0.25) is 4.98 Å². The quantitative estimate of drug-likeness (QED) is 0.644. The number of thiophene rings is 1. The first kappa shape index (κ1) is 13.4. The summed E-state index contributed by atoms with van der Waals surface area (Å²) in [6.07, 6.45) is 1.35. The topological polar surface area (TPSA) is 88.2 Å². The standard InChI is InChI=1S/C15H13N3O2S/c16-12-5-1-4-10-13(17-7-9-3-2-6-21-9)11(15(19)20)8-18-14(10)12/h1-6,8H,7,16H2,(H,17,18)(H,19,20). The van der Waals surface area contributed by atoms with Crippen LogP contribution < -0.4 is 11.1 Å². The third-order valence-electron chi connectivity index (χ3n) is 3.18.